The number of anilines is 1. The predicted octanol–water partition coefficient (Wildman–Crippen LogP) is 4.32. The van der Waals surface area contributed by atoms with E-state index in [1.807, 2.05) is 48.5 Å². The number of fused-ring (bicyclic) bond motifs is 3. The molecule has 27 heavy (non-hydrogen) atoms. The minimum atomic E-state index is -0.188. The van der Waals surface area contributed by atoms with Crippen LogP contribution in [0.1, 0.15) is 11.3 Å². The van der Waals surface area contributed by atoms with Crippen molar-refractivity contribution >= 4 is 34.3 Å². The lowest BCUT2D eigenvalue weighted by Gasteiger charge is -2.01. The highest BCUT2D eigenvalue weighted by Crippen LogP contribution is 2.40. The van der Waals surface area contributed by atoms with E-state index in [-0.39, 0.29) is 5.91 Å². The summed E-state index contributed by atoms with van der Waals surface area (Å²) in [5.41, 5.74) is 4.82. The number of H-pyrrole nitrogens is 1. The summed E-state index contributed by atoms with van der Waals surface area (Å²) in [5.74, 6) is 1.00. The minimum Gasteiger partial charge on any atom is -0.495 e. The average molecular weight is 357 g/mol. The molecule has 1 amide bonds. The fourth-order valence-electron chi connectivity index (χ4n) is 3.31. The second kappa shape index (κ2) is 5.88. The highest BCUT2D eigenvalue weighted by atomic mass is 16.5. The summed E-state index contributed by atoms with van der Waals surface area (Å²) in [4.78, 5) is 20.3. The quantitative estimate of drug-likeness (QED) is 0.535. The van der Waals surface area contributed by atoms with Gasteiger partial charge in [0.15, 0.2) is 5.58 Å². The number of oxazole rings is 1. The lowest BCUT2D eigenvalue weighted by molar-refractivity contribution is -0.110. The van der Waals surface area contributed by atoms with E-state index in [0.29, 0.717) is 39.6 Å². The SMILES string of the molecule is COc1cc[nH]c1/C=C1\C(=O)Nc2ccc3nc(-c4ccccc4)oc3c21. The Labute approximate surface area is 154 Å². The Morgan fingerprint density at radius 1 is 1.11 bits per heavy atom. The molecule has 0 saturated heterocycles. The molecule has 6 heteroatoms. The number of ether oxygens (including phenoxy) is 1. The second-order valence-electron chi connectivity index (χ2n) is 6.19. The van der Waals surface area contributed by atoms with Crippen molar-refractivity contribution in [2.75, 3.05) is 12.4 Å². The van der Waals surface area contributed by atoms with Gasteiger partial charge in [0.05, 0.1) is 29.6 Å². The van der Waals surface area contributed by atoms with E-state index in [4.69, 9.17) is 9.15 Å². The molecule has 2 N–H and O–H groups in total. The normalized spacial score (nSPS) is 14.6. The Morgan fingerprint density at radius 3 is 2.78 bits per heavy atom. The third-order valence-electron chi connectivity index (χ3n) is 4.59. The highest BCUT2D eigenvalue weighted by molar-refractivity contribution is 6.37. The first-order valence-corrected chi connectivity index (χ1v) is 8.48. The number of hydrogen-bond donors (Lipinski definition) is 2. The van der Waals surface area contributed by atoms with Gasteiger partial charge in [0.1, 0.15) is 11.3 Å². The smallest absolute Gasteiger partial charge is 0.256 e. The van der Waals surface area contributed by atoms with Crippen molar-refractivity contribution in [3.05, 3.63) is 66.0 Å². The first-order valence-electron chi connectivity index (χ1n) is 8.48. The number of amides is 1. The largest absolute Gasteiger partial charge is 0.495 e. The number of nitrogens with zero attached hydrogens (tertiary/aromatic N) is 1. The number of carbonyl (C=O) groups excluding carboxylic acids is 1. The number of carbonyl (C=O) groups is 1. The minimum absolute atomic E-state index is 0.188. The molecule has 4 aromatic rings. The van der Waals surface area contributed by atoms with Gasteiger partial charge < -0.3 is 19.5 Å². The van der Waals surface area contributed by atoms with E-state index < -0.39 is 0 Å². The molecular weight excluding hydrogens is 342 g/mol. The summed E-state index contributed by atoms with van der Waals surface area (Å²) in [6.45, 7) is 0. The molecule has 3 heterocycles. The summed E-state index contributed by atoms with van der Waals surface area (Å²) in [6, 6.07) is 15.2. The van der Waals surface area contributed by atoms with Gasteiger partial charge in [-0.05, 0) is 36.4 Å². The standard InChI is InChI=1S/C21H15N3O3/c1-26-17-9-10-22-16(17)11-13-18-14(23-20(13)25)7-8-15-19(18)27-21(24-15)12-5-3-2-4-6-12/h2-11,22H,1H3,(H,23,25)/b13-11-. The summed E-state index contributed by atoms with van der Waals surface area (Å²) in [6.07, 6.45) is 3.53. The van der Waals surface area contributed by atoms with Crippen LogP contribution in [0.3, 0.4) is 0 Å². The molecule has 2 aromatic heterocycles. The van der Waals surface area contributed by atoms with Crippen LogP contribution < -0.4 is 10.1 Å². The maximum atomic E-state index is 12.6. The van der Waals surface area contributed by atoms with Crippen LogP contribution in [0.4, 0.5) is 5.69 Å². The van der Waals surface area contributed by atoms with Gasteiger partial charge in [-0.25, -0.2) is 4.98 Å². The van der Waals surface area contributed by atoms with E-state index in [1.54, 1.807) is 19.4 Å². The Balaban J connectivity index is 1.71. The molecule has 1 aliphatic rings. The Bertz CT molecular complexity index is 1200. The lowest BCUT2D eigenvalue weighted by atomic mass is 10.0. The van der Waals surface area contributed by atoms with Crippen molar-refractivity contribution < 1.29 is 13.9 Å². The first-order chi connectivity index (χ1) is 13.2. The molecule has 0 unspecified atom stereocenters. The Morgan fingerprint density at radius 2 is 1.96 bits per heavy atom. The number of aromatic nitrogens is 2. The van der Waals surface area contributed by atoms with Crippen LogP contribution in [0.2, 0.25) is 0 Å². The van der Waals surface area contributed by atoms with E-state index in [9.17, 15) is 4.79 Å². The molecule has 0 atom stereocenters. The summed E-state index contributed by atoms with van der Waals surface area (Å²) in [7, 11) is 1.59. The molecule has 0 fully saturated rings. The van der Waals surface area contributed by atoms with Crippen molar-refractivity contribution in [2.45, 2.75) is 0 Å². The van der Waals surface area contributed by atoms with Gasteiger partial charge in [0.2, 0.25) is 5.89 Å². The zero-order chi connectivity index (χ0) is 18.4. The number of benzene rings is 2. The molecule has 0 aliphatic carbocycles. The maximum absolute atomic E-state index is 12.6. The third-order valence-corrected chi connectivity index (χ3v) is 4.59. The van der Waals surface area contributed by atoms with Crippen molar-refractivity contribution in [2.24, 2.45) is 0 Å². The van der Waals surface area contributed by atoms with Crippen LogP contribution >= 0.6 is 0 Å². The van der Waals surface area contributed by atoms with Crippen LogP contribution in [0, 0.1) is 0 Å². The van der Waals surface area contributed by atoms with E-state index in [2.05, 4.69) is 15.3 Å². The first kappa shape index (κ1) is 15.5. The van der Waals surface area contributed by atoms with Gasteiger partial charge in [-0.15, -0.1) is 0 Å². The molecule has 0 bridgehead atoms. The molecule has 2 aromatic carbocycles. The van der Waals surface area contributed by atoms with Gasteiger partial charge in [0, 0.05) is 11.8 Å². The van der Waals surface area contributed by atoms with Gasteiger partial charge in [-0.1, -0.05) is 18.2 Å². The zero-order valence-electron chi connectivity index (χ0n) is 14.4. The third kappa shape index (κ3) is 2.42. The second-order valence-corrected chi connectivity index (χ2v) is 6.19. The maximum Gasteiger partial charge on any atom is 0.256 e. The van der Waals surface area contributed by atoms with E-state index in [0.717, 1.165) is 11.3 Å². The molecule has 0 saturated carbocycles. The van der Waals surface area contributed by atoms with Crippen molar-refractivity contribution in [1.29, 1.82) is 0 Å². The Hall–Kier alpha value is -3.80. The van der Waals surface area contributed by atoms with Crippen LogP contribution in [0.5, 0.6) is 5.75 Å². The van der Waals surface area contributed by atoms with Crippen molar-refractivity contribution in [1.82, 2.24) is 9.97 Å². The molecule has 0 radical (unpaired) electrons. The highest BCUT2D eigenvalue weighted by Gasteiger charge is 2.29. The molecule has 6 nitrogen and oxygen atoms in total. The number of methoxy groups -OCH3 is 1. The molecular formula is C21H15N3O3. The molecule has 1 aliphatic heterocycles. The lowest BCUT2D eigenvalue weighted by Crippen LogP contribution is -2.03. The number of nitrogens with one attached hydrogen (secondary N) is 2. The molecule has 132 valence electrons. The van der Waals surface area contributed by atoms with Crippen LogP contribution in [0.15, 0.2) is 59.1 Å². The zero-order valence-corrected chi connectivity index (χ0v) is 14.4. The van der Waals surface area contributed by atoms with E-state index >= 15 is 0 Å². The van der Waals surface area contributed by atoms with Gasteiger partial charge in [0.25, 0.3) is 5.91 Å². The number of rotatable bonds is 3. The molecule has 5 rings (SSSR count). The predicted molar refractivity (Wildman–Crippen MR) is 103 cm³/mol. The average Bonchev–Trinajstić information content (AvgIpc) is 3.39. The van der Waals surface area contributed by atoms with Crippen LogP contribution in [-0.4, -0.2) is 23.0 Å². The molecule has 0 spiro atoms. The van der Waals surface area contributed by atoms with Crippen LogP contribution in [0.25, 0.3) is 34.2 Å². The summed E-state index contributed by atoms with van der Waals surface area (Å²) in [5, 5.41) is 2.89. The van der Waals surface area contributed by atoms with Crippen LogP contribution in [-0.2, 0) is 4.79 Å². The fraction of sp³-hybridized carbons (Fsp3) is 0.0476. The Kier molecular flexibility index (Phi) is 3.36. The summed E-state index contributed by atoms with van der Waals surface area (Å²) >= 11 is 0. The van der Waals surface area contributed by atoms with Gasteiger partial charge in [-0.3, -0.25) is 4.79 Å². The van der Waals surface area contributed by atoms with Gasteiger partial charge in [-0.2, -0.15) is 0 Å². The topological polar surface area (TPSA) is 80.2 Å². The number of aromatic amines is 1. The number of hydrogen-bond acceptors (Lipinski definition) is 4. The summed E-state index contributed by atoms with van der Waals surface area (Å²) < 4.78 is 11.4. The fourth-order valence-corrected chi connectivity index (χ4v) is 3.31. The monoisotopic (exact) mass is 357 g/mol. The van der Waals surface area contributed by atoms with Gasteiger partial charge >= 0.3 is 0 Å². The van der Waals surface area contributed by atoms with Crippen molar-refractivity contribution in [3.8, 4) is 17.2 Å². The van der Waals surface area contributed by atoms with E-state index in [1.165, 1.54) is 0 Å². The van der Waals surface area contributed by atoms with Crippen molar-refractivity contribution in [3.63, 3.8) is 0 Å².